The van der Waals surface area contributed by atoms with E-state index in [1.165, 1.54) is 24.3 Å². The fourth-order valence-electron chi connectivity index (χ4n) is 2.44. The van der Waals surface area contributed by atoms with Gasteiger partial charge in [-0.1, -0.05) is 18.2 Å². The minimum atomic E-state index is -4.86. The molecule has 0 amide bonds. The molecule has 0 atom stereocenters. The third-order valence-electron chi connectivity index (χ3n) is 3.42. The van der Waals surface area contributed by atoms with Crippen molar-refractivity contribution in [3.05, 3.63) is 59.0 Å². The maximum atomic E-state index is 12.6. The van der Waals surface area contributed by atoms with Crippen LogP contribution in [-0.2, 0) is 0 Å². The summed E-state index contributed by atoms with van der Waals surface area (Å²) < 4.78 is 52.3. The Balaban J connectivity index is 2.12. The predicted molar refractivity (Wildman–Crippen MR) is 85.8 cm³/mol. The summed E-state index contributed by atoms with van der Waals surface area (Å²) in [6.45, 7) is 2.27. The molecule has 1 aromatic heterocycles. The first-order valence-electron chi connectivity index (χ1n) is 7.43. The minimum Gasteiger partial charge on any atom is -0.494 e. The molecule has 3 aromatic rings. The highest BCUT2D eigenvalue weighted by molar-refractivity contribution is 5.84. The predicted octanol–water partition coefficient (Wildman–Crippen LogP) is 4.76. The van der Waals surface area contributed by atoms with Gasteiger partial charge in [-0.15, -0.1) is 13.2 Å². The highest BCUT2D eigenvalue weighted by Crippen LogP contribution is 2.33. The van der Waals surface area contributed by atoms with Gasteiger partial charge in [-0.2, -0.15) is 0 Å². The third kappa shape index (κ3) is 3.76. The Labute approximate surface area is 140 Å². The Bertz CT molecular complexity index is 960. The lowest BCUT2D eigenvalue weighted by Gasteiger charge is -2.13. The lowest BCUT2D eigenvalue weighted by Crippen LogP contribution is -2.18. The minimum absolute atomic E-state index is 0.00404. The van der Waals surface area contributed by atoms with Crippen LogP contribution in [0, 0.1) is 0 Å². The van der Waals surface area contributed by atoms with Gasteiger partial charge in [0.25, 0.3) is 0 Å². The molecule has 0 radical (unpaired) electrons. The molecule has 0 saturated heterocycles. The van der Waals surface area contributed by atoms with Crippen molar-refractivity contribution in [2.45, 2.75) is 13.3 Å². The van der Waals surface area contributed by atoms with Gasteiger partial charge in [0.1, 0.15) is 17.1 Å². The maximum absolute atomic E-state index is 12.6. The van der Waals surface area contributed by atoms with E-state index >= 15 is 0 Å². The lowest BCUT2D eigenvalue weighted by molar-refractivity contribution is -0.274. The van der Waals surface area contributed by atoms with E-state index in [1.807, 2.05) is 6.92 Å². The Morgan fingerprint density at radius 2 is 1.80 bits per heavy atom. The van der Waals surface area contributed by atoms with E-state index in [-0.39, 0.29) is 16.7 Å². The zero-order chi connectivity index (χ0) is 18.0. The molecule has 2 aromatic carbocycles. The molecule has 0 aliphatic carbocycles. The van der Waals surface area contributed by atoms with E-state index in [1.54, 1.807) is 18.2 Å². The average Bonchev–Trinajstić information content (AvgIpc) is 2.54. The summed E-state index contributed by atoms with van der Waals surface area (Å²) in [6.07, 6.45) is -4.86. The molecule has 1 heterocycles. The van der Waals surface area contributed by atoms with Crippen molar-refractivity contribution < 1.29 is 27.1 Å². The van der Waals surface area contributed by atoms with Gasteiger partial charge in [0, 0.05) is 17.0 Å². The fraction of sp³-hybridized carbons (Fsp3) is 0.167. The fourth-order valence-corrected chi connectivity index (χ4v) is 2.44. The zero-order valence-electron chi connectivity index (χ0n) is 13.1. The topological polar surface area (TPSA) is 48.7 Å². The molecular formula is C18H13F3O4. The molecular weight excluding hydrogens is 337 g/mol. The molecule has 0 aliphatic heterocycles. The number of alkyl halides is 3. The Morgan fingerprint density at radius 1 is 1.04 bits per heavy atom. The van der Waals surface area contributed by atoms with Gasteiger partial charge in [0.15, 0.2) is 0 Å². The molecule has 4 nitrogen and oxygen atoms in total. The summed E-state index contributed by atoms with van der Waals surface area (Å²) in [4.78, 5) is 12.3. The van der Waals surface area contributed by atoms with Crippen molar-refractivity contribution >= 4 is 11.0 Å². The van der Waals surface area contributed by atoms with Crippen molar-refractivity contribution in [2.75, 3.05) is 6.61 Å². The van der Waals surface area contributed by atoms with Crippen LogP contribution >= 0.6 is 0 Å². The van der Waals surface area contributed by atoms with Crippen LogP contribution in [0.4, 0.5) is 13.2 Å². The number of ether oxygens (including phenoxy) is 2. The molecule has 25 heavy (non-hydrogen) atoms. The van der Waals surface area contributed by atoms with E-state index in [0.29, 0.717) is 17.7 Å². The van der Waals surface area contributed by atoms with Crippen LogP contribution in [0.3, 0.4) is 0 Å². The van der Waals surface area contributed by atoms with Crippen molar-refractivity contribution in [3.8, 4) is 22.6 Å². The molecule has 130 valence electrons. The summed E-state index contributed by atoms with van der Waals surface area (Å²) in [6, 6.07) is 11.8. The van der Waals surface area contributed by atoms with Crippen LogP contribution in [0.15, 0.2) is 57.7 Å². The molecule has 0 fully saturated rings. The monoisotopic (exact) mass is 350 g/mol. The normalized spacial score (nSPS) is 11.5. The van der Waals surface area contributed by atoms with E-state index in [0.717, 1.165) is 6.07 Å². The summed E-state index contributed by atoms with van der Waals surface area (Å²) in [5, 5.41) is 0.555. The molecule has 7 heteroatoms. The number of hydrogen-bond donors (Lipinski definition) is 0. The van der Waals surface area contributed by atoms with Crippen LogP contribution in [0.5, 0.6) is 11.5 Å². The Hall–Kier alpha value is -2.96. The lowest BCUT2D eigenvalue weighted by atomic mass is 10.0. The number of hydrogen-bond acceptors (Lipinski definition) is 4. The van der Waals surface area contributed by atoms with Crippen molar-refractivity contribution in [3.63, 3.8) is 0 Å². The highest BCUT2D eigenvalue weighted by atomic mass is 19.4. The first-order chi connectivity index (χ1) is 11.9. The molecule has 0 unspecified atom stereocenters. The average molecular weight is 350 g/mol. The quantitative estimate of drug-likeness (QED) is 0.637. The number of rotatable bonds is 4. The molecule has 0 aliphatic rings. The van der Waals surface area contributed by atoms with E-state index in [2.05, 4.69) is 4.74 Å². The van der Waals surface area contributed by atoms with Crippen LogP contribution in [0.25, 0.3) is 22.1 Å². The van der Waals surface area contributed by atoms with Gasteiger partial charge in [0.2, 0.25) is 0 Å². The zero-order valence-corrected chi connectivity index (χ0v) is 13.1. The summed E-state index contributed by atoms with van der Waals surface area (Å²) >= 11 is 0. The molecule has 3 rings (SSSR count). The molecule has 0 bridgehead atoms. The third-order valence-corrected chi connectivity index (χ3v) is 3.42. The van der Waals surface area contributed by atoms with Crippen LogP contribution in [-0.4, -0.2) is 13.0 Å². The Morgan fingerprint density at radius 3 is 2.52 bits per heavy atom. The second-order valence-corrected chi connectivity index (χ2v) is 5.12. The number of halogens is 3. The molecule has 0 N–H and O–H groups in total. The first-order valence-corrected chi connectivity index (χ1v) is 7.43. The number of para-hydroxylation sites is 1. The Kier molecular flexibility index (Phi) is 4.39. The standard InChI is InChI=1S/C18H13F3O4/c1-2-23-12-8-7-11-9-14(17(22)24-16(11)10-12)13-5-3-4-6-15(13)25-18(19,20)21/h3-10H,2H2,1H3. The number of fused-ring (bicyclic) bond motifs is 1. The van der Waals surface area contributed by atoms with Crippen molar-refractivity contribution in [1.82, 2.24) is 0 Å². The van der Waals surface area contributed by atoms with Gasteiger partial charge in [-0.25, -0.2) is 4.79 Å². The van der Waals surface area contributed by atoms with Gasteiger partial charge < -0.3 is 13.9 Å². The first kappa shape index (κ1) is 16.9. The van der Waals surface area contributed by atoms with Crippen molar-refractivity contribution in [1.29, 1.82) is 0 Å². The van der Waals surface area contributed by atoms with Crippen LogP contribution in [0.1, 0.15) is 6.92 Å². The largest absolute Gasteiger partial charge is 0.573 e. The second-order valence-electron chi connectivity index (χ2n) is 5.12. The van der Waals surface area contributed by atoms with E-state index < -0.39 is 17.7 Å². The summed E-state index contributed by atoms with van der Waals surface area (Å²) in [5.41, 5.74) is -0.492. The van der Waals surface area contributed by atoms with E-state index in [9.17, 15) is 18.0 Å². The van der Waals surface area contributed by atoms with Gasteiger partial charge in [-0.3, -0.25) is 0 Å². The van der Waals surface area contributed by atoms with Gasteiger partial charge in [0.05, 0.1) is 12.2 Å². The maximum Gasteiger partial charge on any atom is 0.573 e. The smallest absolute Gasteiger partial charge is 0.494 e. The van der Waals surface area contributed by atoms with Gasteiger partial charge in [-0.05, 0) is 31.2 Å². The number of benzene rings is 2. The van der Waals surface area contributed by atoms with Gasteiger partial charge >= 0.3 is 12.0 Å². The second kappa shape index (κ2) is 6.51. The van der Waals surface area contributed by atoms with Crippen LogP contribution < -0.4 is 15.1 Å². The SMILES string of the molecule is CCOc1ccc2cc(-c3ccccc3OC(F)(F)F)c(=O)oc2c1. The highest BCUT2D eigenvalue weighted by Gasteiger charge is 2.32. The summed E-state index contributed by atoms with van der Waals surface area (Å²) in [5.74, 6) is 0.0688. The van der Waals surface area contributed by atoms with E-state index in [4.69, 9.17) is 9.15 Å². The van der Waals surface area contributed by atoms with Crippen molar-refractivity contribution in [2.24, 2.45) is 0 Å². The molecule has 0 saturated carbocycles. The summed E-state index contributed by atoms with van der Waals surface area (Å²) in [7, 11) is 0. The van der Waals surface area contributed by atoms with Crippen LogP contribution in [0.2, 0.25) is 0 Å². The molecule has 0 spiro atoms.